The lowest BCUT2D eigenvalue weighted by Crippen LogP contribution is -2.30. The highest BCUT2D eigenvalue weighted by Gasteiger charge is 2.40. The van der Waals surface area contributed by atoms with Crippen LogP contribution < -0.4 is 10.1 Å². The van der Waals surface area contributed by atoms with Gasteiger partial charge in [-0.2, -0.15) is 4.98 Å². The molecule has 0 bridgehead atoms. The molecule has 0 radical (unpaired) electrons. The molecule has 3 atom stereocenters. The van der Waals surface area contributed by atoms with E-state index < -0.39 is 0 Å². The Morgan fingerprint density at radius 1 is 1.20 bits per heavy atom. The predicted octanol–water partition coefficient (Wildman–Crippen LogP) is 4.58. The molecule has 1 amide bonds. The lowest BCUT2D eigenvalue weighted by molar-refractivity contribution is -0.122. The number of methoxy groups -OCH3 is 1. The van der Waals surface area contributed by atoms with Gasteiger partial charge in [-0.3, -0.25) is 4.79 Å². The van der Waals surface area contributed by atoms with Crippen LogP contribution in [0.4, 0.5) is 0 Å². The molecule has 3 aromatic rings. The maximum atomic E-state index is 12.6. The van der Waals surface area contributed by atoms with Gasteiger partial charge >= 0.3 is 0 Å². The van der Waals surface area contributed by atoms with E-state index >= 15 is 0 Å². The topological polar surface area (TPSA) is 77.2 Å². The zero-order valence-electron chi connectivity index (χ0n) is 17.4. The fraction of sp³-hybridized carbons (Fsp3) is 0.375. The Bertz CT molecular complexity index is 969. The second kappa shape index (κ2) is 9.11. The molecule has 1 aliphatic carbocycles. The van der Waals surface area contributed by atoms with Gasteiger partial charge in [-0.05, 0) is 54.5 Å². The van der Waals surface area contributed by atoms with Gasteiger partial charge in [-0.15, -0.1) is 0 Å². The number of aromatic nitrogens is 2. The quantitative estimate of drug-likeness (QED) is 0.564. The molecule has 6 heteroatoms. The maximum absolute atomic E-state index is 12.6. The van der Waals surface area contributed by atoms with Crippen molar-refractivity contribution < 1.29 is 14.1 Å². The summed E-state index contributed by atoms with van der Waals surface area (Å²) in [5.74, 6) is 3.12. The highest BCUT2D eigenvalue weighted by molar-refractivity contribution is 5.76. The van der Waals surface area contributed by atoms with E-state index in [9.17, 15) is 4.79 Å². The second-order valence-corrected chi connectivity index (χ2v) is 7.93. The standard InChI is InChI=1S/C24H27N3O3/c1-16-15-20(16)23(17-7-4-3-5-8-17)25-21(28)9-6-10-22-26-24(27-30-22)18-11-13-19(29-2)14-12-18/h3-5,7-8,11-14,16,20,23H,6,9-10,15H2,1-2H3,(H,25,28). The number of amides is 1. The Kier molecular flexibility index (Phi) is 6.12. The number of aryl methyl sites for hydroxylation is 1. The Hall–Kier alpha value is -3.15. The molecule has 1 aromatic heterocycles. The molecule has 4 rings (SSSR count). The van der Waals surface area contributed by atoms with Crippen molar-refractivity contribution in [2.75, 3.05) is 7.11 Å². The van der Waals surface area contributed by atoms with Crippen LogP contribution in [0.2, 0.25) is 0 Å². The third kappa shape index (κ3) is 4.87. The zero-order chi connectivity index (χ0) is 20.9. The third-order valence-corrected chi connectivity index (χ3v) is 5.69. The van der Waals surface area contributed by atoms with Gasteiger partial charge in [0.15, 0.2) is 0 Å². The van der Waals surface area contributed by atoms with E-state index in [0.29, 0.717) is 42.8 Å². The number of nitrogens with zero attached hydrogens (tertiary/aromatic N) is 2. The van der Waals surface area contributed by atoms with E-state index in [1.165, 1.54) is 5.56 Å². The van der Waals surface area contributed by atoms with Crippen molar-refractivity contribution in [1.82, 2.24) is 15.5 Å². The fourth-order valence-electron chi connectivity index (χ4n) is 3.77. The molecule has 2 aromatic carbocycles. The molecule has 0 aliphatic heterocycles. The van der Waals surface area contributed by atoms with Crippen molar-refractivity contribution >= 4 is 5.91 Å². The van der Waals surface area contributed by atoms with Gasteiger partial charge in [-0.1, -0.05) is 42.4 Å². The van der Waals surface area contributed by atoms with Gasteiger partial charge in [0, 0.05) is 18.4 Å². The number of benzene rings is 2. The molecular formula is C24H27N3O3. The number of carbonyl (C=O) groups is 1. The van der Waals surface area contributed by atoms with Crippen molar-refractivity contribution in [3.63, 3.8) is 0 Å². The van der Waals surface area contributed by atoms with E-state index in [1.807, 2.05) is 42.5 Å². The molecule has 1 heterocycles. The summed E-state index contributed by atoms with van der Waals surface area (Å²) in [5.41, 5.74) is 2.05. The van der Waals surface area contributed by atoms with Gasteiger partial charge in [0.2, 0.25) is 17.6 Å². The summed E-state index contributed by atoms with van der Waals surface area (Å²) in [6, 6.07) is 17.8. The average molecular weight is 405 g/mol. The summed E-state index contributed by atoms with van der Waals surface area (Å²) in [6.07, 6.45) is 2.84. The molecule has 0 spiro atoms. The molecule has 3 unspecified atom stereocenters. The van der Waals surface area contributed by atoms with Crippen molar-refractivity contribution in [2.45, 2.75) is 38.6 Å². The average Bonchev–Trinajstić information content (AvgIpc) is 3.31. The lowest BCUT2D eigenvalue weighted by atomic mass is 10.0. The first-order valence-electron chi connectivity index (χ1n) is 10.5. The Morgan fingerprint density at radius 3 is 2.60 bits per heavy atom. The second-order valence-electron chi connectivity index (χ2n) is 7.93. The van der Waals surface area contributed by atoms with Crippen LogP contribution in [0.3, 0.4) is 0 Å². The van der Waals surface area contributed by atoms with Crippen molar-refractivity contribution in [3.05, 3.63) is 66.1 Å². The van der Waals surface area contributed by atoms with Gasteiger partial charge < -0.3 is 14.6 Å². The summed E-state index contributed by atoms with van der Waals surface area (Å²) >= 11 is 0. The van der Waals surface area contributed by atoms with Crippen LogP contribution in [0.15, 0.2) is 59.1 Å². The van der Waals surface area contributed by atoms with Crippen LogP contribution in [0, 0.1) is 11.8 Å². The van der Waals surface area contributed by atoms with Crippen LogP contribution >= 0.6 is 0 Å². The third-order valence-electron chi connectivity index (χ3n) is 5.69. The van der Waals surface area contributed by atoms with Crippen molar-refractivity contribution in [2.24, 2.45) is 11.8 Å². The number of carbonyl (C=O) groups excluding carboxylic acids is 1. The summed E-state index contributed by atoms with van der Waals surface area (Å²) in [6.45, 7) is 2.24. The Morgan fingerprint density at radius 2 is 1.93 bits per heavy atom. The molecule has 30 heavy (non-hydrogen) atoms. The summed E-state index contributed by atoms with van der Waals surface area (Å²) in [5, 5.41) is 7.28. The van der Waals surface area contributed by atoms with Crippen molar-refractivity contribution in [1.29, 1.82) is 0 Å². The number of hydrogen-bond acceptors (Lipinski definition) is 5. The molecular weight excluding hydrogens is 378 g/mol. The number of ether oxygens (including phenoxy) is 1. The first kappa shape index (κ1) is 20.1. The molecule has 1 saturated carbocycles. The number of rotatable bonds is 9. The number of hydrogen-bond donors (Lipinski definition) is 1. The molecule has 0 saturated heterocycles. The highest BCUT2D eigenvalue weighted by atomic mass is 16.5. The summed E-state index contributed by atoms with van der Waals surface area (Å²) in [4.78, 5) is 17.0. The molecule has 1 aliphatic rings. The van der Waals surface area contributed by atoms with Crippen LogP contribution in [0.25, 0.3) is 11.4 Å². The first-order valence-corrected chi connectivity index (χ1v) is 10.5. The fourth-order valence-corrected chi connectivity index (χ4v) is 3.77. The molecule has 1 N–H and O–H groups in total. The van der Waals surface area contributed by atoms with Crippen LogP contribution in [-0.4, -0.2) is 23.2 Å². The SMILES string of the molecule is COc1ccc(-c2noc(CCCC(=O)NC(c3ccccc3)C3CC3C)n2)cc1. The van der Waals surface area contributed by atoms with Crippen LogP contribution in [-0.2, 0) is 11.2 Å². The Balaban J connectivity index is 1.28. The predicted molar refractivity (Wildman–Crippen MR) is 114 cm³/mol. The highest BCUT2D eigenvalue weighted by Crippen LogP contribution is 2.46. The van der Waals surface area contributed by atoms with Crippen LogP contribution in [0.1, 0.15) is 43.7 Å². The van der Waals surface area contributed by atoms with E-state index in [2.05, 4.69) is 34.5 Å². The minimum atomic E-state index is 0.0675. The van der Waals surface area contributed by atoms with Crippen molar-refractivity contribution in [3.8, 4) is 17.1 Å². The van der Waals surface area contributed by atoms with Gasteiger partial charge in [0.1, 0.15) is 5.75 Å². The zero-order valence-corrected chi connectivity index (χ0v) is 17.4. The lowest BCUT2D eigenvalue weighted by Gasteiger charge is -2.19. The monoisotopic (exact) mass is 405 g/mol. The number of nitrogens with one attached hydrogen (secondary N) is 1. The Labute approximate surface area is 176 Å². The maximum Gasteiger partial charge on any atom is 0.226 e. The minimum Gasteiger partial charge on any atom is -0.497 e. The summed E-state index contributed by atoms with van der Waals surface area (Å²) < 4.78 is 10.5. The van der Waals surface area contributed by atoms with E-state index in [1.54, 1.807) is 7.11 Å². The largest absolute Gasteiger partial charge is 0.497 e. The van der Waals surface area contributed by atoms with E-state index in [0.717, 1.165) is 17.7 Å². The van der Waals surface area contributed by atoms with Gasteiger partial charge in [-0.25, -0.2) is 0 Å². The molecule has 1 fully saturated rings. The summed E-state index contributed by atoms with van der Waals surface area (Å²) in [7, 11) is 1.63. The normalized spacial score (nSPS) is 18.6. The van der Waals surface area contributed by atoms with E-state index in [-0.39, 0.29) is 11.9 Å². The minimum absolute atomic E-state index is 0.0675. The molecule has 6 nitrogen and oxygen atoms in total. The smallest absolute Gasteiger partial charge is 0.226 e. The van der Waals surface area contributed by atoms with E-state index in [4.69, 9.17) is 9.26 Å². The van der Waals surface area contributed by atoms with Gasteiger partial charge in [0.05, 0.1) is 13.2 Å². The van der Waals surface area contributed by atoms with Crippen LogP contribution in [0.5, 0.6) is 5.75 Å². The molecule has 156 valence electrons. The first-order chi connectivity index (χ1) is 14.6. The van der Waals surface area contributed by atoms with Gasteiger partial charge in [0.25, 0.3) is 0 Å².